The van der Waals surface area contributed by atoms with E-state index in [1.807, 2.05) is 0 Å². The first-order valence-electron chi connectivity index (χ1n) is 11.7. The minimum atomic E-state index is -3.75. The van der Waals surface area contributed by atoms with Crippen LogP contribution >= 0.6 is 0 Å². The third-order valence-electron chi connectivity index (χ3n) is 5.66. The number of anilines is 1. The molecule has 2 aromatic carbocycles. The van der Waals surface area contributed by atoms with E-state index in [0.29, 0.717) is 17.1 Å². The number of hydrogen-bond donors (Lipinski definition) is 2. The first-order chi connectivity index (χ1) is 17.3. The average molecular weight is 517 g/mol. The lowest BCUT2D eigenvalue weighted by Crippen LogP contribution is -2.39. The van der Waals surface area contributed by atoms with Crippen LogP contribution in [0.2, 0.25) is 0 Å². The standard InChI is InChI=1S/C25H32N4O6S/c1-34-23-11-7-6-10-22(23)29(36(2,32)33)17-24(30)28-26-16-19-12-14-21(15-13-19)35-18-25(31)27-20-8-4-3-5-9-20/h6-7,10-16,20H,3-5,8-9,17-18H2,1-2H3,(H,27,31)(H,28,30)/b26-16+. The van der Waals surface area contributed by atoms with Crippen LogP contribution < -0.4 is 24.5 Å². The summed E-state index contributed by atoms with van der Waals surface area (Å²) in [5.74, 6) is 0.113. The maximum atomic E-state index is 12.4. The topological polar surface area (TPSA) is 126 Å². The van der Waals surface area contributed by atoms with Gasteiger partial charge in [0.1, 0.15) is 18.0 Å². The van der Waals surface area contributed by atoms with Crippen molar-refractivity contribution in [1.82, 2.24) is 10.7 Å². The van der Waals surface area contributed by atoms with Crippen LogP contribution in [0.15, 0.2) is 53.6 Å². The summed E-state index contributed by atoms with van der Waals surface area (Å²) >= 11 is 0. The minimum Gasteiger partial charge on any atom is -0.495 e. The summed E-state index contributed by atoms with van der Waals surface area (Å²) in [6, 6.07) is 13.6. The van der Waals surface area contributed by atoms with Crippen molar-refractivity contribution in [2.75, 3.05) is 30.8 Å². The minimum absolute atomic E-state index is 0.0525. The quantitative estimate of drug-likeness (QED) is 0.349. The van der Waals surface area contributed by atoms with Gasteiger partial charge in [0, 0.05) is 6.04 Å². The molecule has 3 rings (SSSR count). The summed E-state index contributed by atoms with van der Waals surface area (Å²) < 4.78 is 36.3. The normalized spacial score (nSPS) is 14.3. The van der Waals surface area contributed by atoms with E-state index >= 15 is 0 Å². The van der Waals surface area contributed by atoms with Gasteiger partial charge in [0.05, 0.1) is 25.3 Å². The Kier molecular flexibility index (Phi) is 9.69. The lowest BCUT2D eigenvalue weighted by molar-refractivity contribution is -0.124. The fraction of sp³-hybridized carbons (Fsp3) is 0.400. The molecule has 1 aliphatic rings. The van der Waals surface area contributed by atoms with Gasteiger partial charge < -0.3 is 14.8 Å². The molecule has 2 aromatic rings. The first kappa shape index (κ1) is 27.0. The third-order valence-corrected chi connectivity index (χ3v) is 6.79. The summed E-state index contributed by atoms with van der Waals surface area (Å²) in [5, 5.41) is 6.90. The fourth-order valence-electron chi connectivity index (χ4n) is 3.88. The molecule has 2 amide bonds. The van der Waals surface area contributed by atoms with E-state index < -0.39 is 22.5 Å². The van der Waals surface area contributed by atoms with E-state index in [2.05, 4.69) is 15.8 Å². The Morgan fingerprint density at radius 2 is 1.75 bits per heavy atom. The highest BCUT2D eigenvalue weighted by Gasteiger charge is 2.23. The third kappa shape index (κ3) is 8.26. The van der Waals surface area contributed by atoms with Crippen molar-refractivity contribution >= 4 is 33.7 Å². The number of benzene rings is 2. The number of carbonyl (C=O) groups excluding carboxylic acids is 2. The van der Waals surface area contributed by atoms with Crippen molar-refractivity contribution < 1.29 is 27.5 Å². The zero-order valence-corrected chi connectivity index (χ0v) is 21.3. The lowest BCUT2D eigenvalue weighted by atomic mass is 9.95. The van der Waals surface area contributed by atoms with Crippen LogP contribution in [0.4, 0.5) is 5.69 Å². The maximum absolute atomic E-state index is 12.4. The molecule has 0 aliphatic heterocycles. The summed E-state index contributed by atoms with van der Waals surface area (Å²) in [6.07, 6.45) is 7.99. The Balaban J connectivity index is 1.49. The number of ether oxygens (including phenoxy) is 2. The summed E-state index contributed by atoms with van der Waals surface area (Å²) in [5.41, 5.74) is 3.27. The lowest BCUT2D eigenvalue weighted by Gasteiger charge is -2.23. The number of hydrogen-bond acceptors (Lipinski definition) is 7. The molecule has 0 bridgehead atoms. The molecule has 10 nitrogen and oxygen atoms in total. The van der Waals surface area contributed by atoms with Crippen molar-refractivity contribution in [2.24, 2.45) is 5.10 Å². The van der Waals surface area contributed by atoms with Crippen LogP contribution in [0, 0.1) is 0 Å². The van der Waals surface area contributed by atoms with Crippen LogP contribution in [0.25, 0.3) is 0 Å². The molecule has 1 saturated carbocycles. The zero-order chi connectivity index (χ0) is 26.0. The second-order valence-electron chi connectivity index (χ2n) is 8.49. The number of para-hydroxylation sites is 2. The van der Waals surface area contributed by atoms with Gasteiger partial charge in [-0.05, 0) is 54.8 Å². The number of amides is 2. The molecule has 1 fully saturated rings. The Bertz CT molecular complexity index is 1160. The molecule has 2 N–H and O–H groups in total. The number of rotatable bonds is 11. The molecule has 0 aromatic heterocycles. The highest BCUT2D eigenvalue weighted by atomic mass is 32.2. The van der Waals surface area contributed by atoms with E-state index in [9.17, 15) is 18.0 Å². The maximum Gasteiger partial charge on any atom is 0.260 e. The Labute approximate surface area is 211 Å². The summed E-state index contributed by atoms with van der Waals surface area (Å²) in [6.45, 7) is -0.519. The van der Waals surface area contributed by atoms with Crippen molar-refractivity contribution in [2.45, 2.75) is 38.1 Å². The Morgan fingerprint density at radius 3 is 2.42 bits per heavy atom. The molecule has 0 unspecified atom stereocenters. The Hall–Kier alpha value is -3.60. The number of methoxy groups -OCH3 is 1. The second kappa shape index (κ2) is 12.9. The van der Waals surface area contributed by atoms with Gasteiger partial charge >= 0.3 is 0 Å². The molecular formula is C25H32N4O6S. The number of nitrogens with one attached hydrogen (secondary N) is 2. The van der Waals surface area contributed by atoms with Crippen molar-refractivity contribution in [1.29, 1.82) is 0 Å². The SMILES string of the molecule is COc1ccccc1N(CC(=O)N/N=C/c1ccc(OCC(=O)NC2CCCCC2)cc1)S(C)(=O)=O. The molecule has 11 heteroatoms. The molecule has 0 atom stereocenters. The van der Waals surface area contributed by atoms with E-state index in [-0.39, 0.29) is 24.2 Å². The highest BCUT2D eigenvalue weighted by molar-refractivity contribution is 7.92. The Morgan fingerprint density at radius 1 is 1.06 bits per heavy atom. The first-order valence-corrected chi connectivity index (χ1v) is 13.6. The van der Waals surface area contributed by atoms with Gasteiger partial charge in [0.25, 0.3) is 11.8 Å². The summed E-state index contributed by atoms with van der Waals surface area (Å²) in [4.78, 5) is 24.5. The number of hydrazone groups is 1. The van der Waals surface area contributed by atoms with Crippen LogP contribution in [-0.4, -0.2) is 59.0 Å². The predicted molar refractivity (Wildman–Crippen MR) is 138 cm³/mol. The molecule has 0 saturated heterocycles. The van der Waals surface area contributed by atoms with Gasteiger partial charge in [-0.3, -0.25) is 13.9 Å². The van der Waals surface area contributed by atoms with Gasteiger partial charge in [-0.2, -0.15) is 5.10 Å². The molecule has 0 heterocycles. The molecule has 0 radical (unpaired) electrons. The number of nitrogens with zero attached hydrogens (tertiary/aromatic N) is 2. The second-order valence-corrected chi connectivity index (χ2v) is 10.4. The predicted octanol–water partition coefficient (Wildman–Crippen LogP) is 2.44. The van der Waals surface area contributed by atoms with Crippen LogP contribution in [0.1, 0.15) is 37.7 Å². The van der Waals surface area contributed by atoms with Gasteiger partial charge in [0.2, 0.25) is 10.0 Å². The average Bonchev–Trinajstić information content (AvgIpc) is 2.87. The van der Waals surface area contributed by atoms with E-state index in [4.69, 9.17) is 9.47 Å². The highest BCUT2D eigenvalue weighted by Crippen LogP contribution is 2.29. The smallest absolute Gasteiger partial charge is 0.260 e. The molecular weight excluding hydrogens is 484 g/mol. The van der Waals surface area contributed by atoms with Crippen LogP contribution in [0.5, 0.6) is 11.5 Å². The molecule has 36 heavy (non-hydrogen) atoms. The van der Waals surface area contributed by atoms with E-state index in [1.54, 1.807) is 48.5 Å². The van der Waals surface area contributed by atoms with Gasteiger partial charge in [-0.1, -0.05) is 31.4 Å². The van der Waals surface area contributed by atoms with Crippen LogP contribution in [0.3, 0.4) is 0 Å². The fourth-order valence-corrected chi connectivity index (χ4v) is 4.74. The van der Waals surface area contributed by atoms with E-state index in [0.717, 1.165) is 36.2 Å². The molecule has 1 aliphatic carbocycles. The van der Waals surface area contributed by atoms with Crippen LogP contribution in [-0.2, 0) is 19.6 Å². The largest absolute Gasteiger partial charge is 0.495 e. The van der Waals surface area contributed by atoms with Gasteiger partial charge in [-0.15, -0.1) is 0 Å². The number of sulfonamides is 1. The van der Waals surface area contributed by atoms with E-state index in [1.165, 1.54) is 19.7 Å². The molecule has 194 valence electrons. The zero-order valence-electron chi connectivity index (χ0n) is 20.5. The van der Waals surface area contributed by atoms with Crippen molar-refractivity contribution in [3.05, 3.63) is 54.1 Å². The van der Waals surface area contributed by atoms with Crippen molar-refractivity contribution in [3.8, 4) is 11.5 Å². The monoisotopic (exact) mass is 516 g/mol. The van der Waals surface area contributed by atoms with Gasteiger partial charge in [0.15, 0.2) is 6.61 Å². The van der Waals surface area contributed by atoms with Gasteiger partial charge in [-0.25, -0.2) is 13.8 Å². The summed E-state index contributed by atoms with van der Waals surface area (Å²) in [7, 11) is -2.33. The van der Waals surface area contributed by atoms with Crippen molar-refractivity contribution in [3.63, 3.8) is 0 Å². The number of carbonyl (C=O) groups is 2. The molecule has 0 spiro atoms.